The summed E-state index contributed by atoms with van der Waals surface area (Å²) in [6.07, 6.45) is 3.89. The predicted octanol–water partition coefficient (Wildman–Crippen LogP) is 5.05. The number of fused-ring (bicyclic) bond motifs is 1. The molecule has 2 atom stereocenters. The molecule has 1 aliphatic heterocycles. The molecular formula is C22H28O4. The third-order valence-corrected chi connectivity index (χ3v) is 4.94. The number of phenols is 2. The second-order valence-corrected chi connectivity index (χ2v) is 7.08. The first-order valence-electron chi connectivity index (χ1n) is 9.44. The van der Waals surface area contributed by atoms with Crippen LogP contribution in [0, 0.1) is 0 Å². The molecule has 0 aliphatic carbocycles. The highest BCUT2D eigenvalue weighted by molar-refractivity contribution is 5.49. The van der Waals surface area contributed by atoms with Crippen LogP contribution in [0.2, 0.25) is 0 Å². The van der Waals surface area contributed by atoms with E-state index in [1.807, 2.05) is 18.2 Å². The van der Waals surface area contributed by atoms with E-state index in [2.05, 4.69) is 19.1 Å². The molecule has 1 heterocycles. The van der Waals surface area contributed by atoms with Gasteiger partial charge in [-0.3, -0.25) is 0 Å². The molecule has 3 rings (SSSR count). The number of benzene rings is 2. The van der Waals surface area contributed by atoms with E-state index in [9.17, 15) is 10.2 Å². The van der Waals surface area contributed by atoms with Crippen LogP contribution in [0.3, 0.4) is 0 Å². The first kappa shape index (κ1) is 18.7. The lowest BCUT2D eigenvalue weighted by molar-refractivity contribution is 0.0211. The second kappa shape index (κ2) is 9.06. The van der Waals surface area contributed by atoms with Gasteiger partial charge in [0, 0.05) is 24.2 Å². The van der Waals surface area contributed by atoms with Gasteiger partial charge in [-0.05, 0) is 30.0 Å². The van der Waals surface area contributed by atoms with Gasteiger partial charge in [0.05, 0.1) is 19.3 Å². The van der Waals surface area contributed by atoms with Crippen LogP contribution in [0.5, 0.6) is 11.5 Å². The van der Waals surface area contributed by atoms with Crippen molar-refractivity contribution in [2.24, 2.45) is 0 Å². The van der Waals surface area contributed by atoms with Crippen LogP contribution < -0.4 is 0 Å². The molecule has 2 aromatic rings. The van der Waals surface area contributed by atoms with E-state index >= 15 is 0 Å². The molecule has 4 nitrogen and oxygen atoms in total. The van der Waals surface area contributed by atoms with Crippen molar-refractivity contribution in [3.8, 4) is 11.5 Å². The Labute approximate surface area is 155 Å². The van der Waals surface area contributed by atoms with Gasteiger partial charge in [-0.2, -0.15) is 0 Å². The summed E-state index contributed by atoms with van der Waals surface area (Å²) in [5, 5.41) is 20.0. The van der Waals surface area contributed by atoms with E-state index in [-0.39, 0.29) is 23.5 Å². The van der Waals surface area contributed by atoms with Gasteiger partial charge in [0.25, 0.3) is 0 Å². The minimum Gasteiger partial charge on any atom is -0.508 e. The summed E-state index contributed by atoms with van der Waals surface area (Å²) in [6, 6.07) is 13.4. The van der Waals surface area contributed by atoms with Gasteiger partial charge in [-0.25, -0.2) is 0 Å². The molecule has 0 spiro atoms. The molecule has 2 aromatic carbocycles. The Hall–Kier alpha value is -2.04. The first-order chi connectivity index (χ1) is 12.6. The molecule has 0 radical (unpaired) electrons. The number of hydrogen-bond donors (Lipinski definition) is 2. The Balaban J connectivity index is 1.41. The molecule has 2 N–H and O–H groups in total. The fourth-order valence-electron chi connectivity index (χ4n) is 3.54. The van der Waals surface area contributed by atoms with E-state index in [1.165, 1.54) is 11.6 Å². The lowest BCUT2D eigenvalue weighted by Gasteiger charge is -2.31. The van der Waals surface area contributed by atoms with Gasteiger partial charge >= 0.3 is 0 Å². The Morgan fingerprint density at radius 2 is 1.88 bits per heavy atom. The molecular weight excluding hydrogens is 328 g/mol. The average Bonchev–Trinajstić information content (AvgIpc) is 2.63. The van der Waals surface area contributed by atoms with Crippen LogP contribution in [0.25, 0.3) is 0 Å². The molecule has 0 bridgehead atoms. The smallest absolute Gasteiger partial charge is 0.125 e. The molecule has 26 heavy (non-hydrogen) atoms. The SMILES string of the molecule is C[C@@H]1COC(CCCCCOCc2ccccc2)c2c(O)cc(O)cc21. The quantitative estimate of drug-likeness (QED) is 0.650. The number of phenolic OH excluding ortho intramolecular Hbond substituents is 2. The maximum atomic E-state index is 10.2. The highest BCUT2D eigenvalue weighted by Crippen LogP contribution is 2.43. The summed E-state index contributed by atoms with van der Waals surface area (Å²) in [5.41, 5.74) is 3.05. The zero-order chi connectivity index (χ0) is 18.4. The van der Waals surface area contributed by atoms with Gasteiger partial charge in [0.1, 0.15) is 11.5 Å². The van der Waals surface area contributed by atoms with E-state index in [4.69, 9.17) is 9.47 Å². The Morgan fingerprint density at radius 1 is 1.08 bits per heavy atom. The number of hydrogen-bond acceptors (Lipinski definition) is 4. The Kier molecular flexibility index (Phi) is 6.53. The molecule has 0 saturated heterocycles. The number of rotatable bonds is 8. The van der Waals surface area contributed by atoms with Crippen LogP contribution in [-0.2, 0) is 16.1 Å². The topological polar surface area (TPSA) is 58.9 Å². The van der Waals surface area contributed by atoms with Crippen molar-refractivity contribution in [2.45, 2.75) is 51.2 Å². The first-order valence-corrected chi connectivity index (χ1v) is 9.44. The normalized spacial score (nSPS) is 19.3. The van der Waals surface area contributed by atoms with Crippen molar-refractivity contribution in [3.05, 3.63) is 59.2 Å². The van der Waals surface area contributed by atoms with Crippen LogP contribution in [0.1, 0.15) is 61.3 Å². The summed E-state index contributed by atoms with van der Waals surface area (Å²) in [4.78, 5) is 0. The van der Waals surface area contributed by atoms with Crippen LogP contribution >= 0.6 is 0 Å². The van der Waals surface area contributed by atoms with Crippen molar-refractivity contribution < 1.29 is 19.7 Å². The fraction of sp³-hybridized carbons (Fsp3) is 0.455. The van der Waals surface area contributed by atoms with Gasteiger partial charge in [0.2, 0.25) is 0 Å². The predicted molar refractivity (Wildman–Crippen MR) is 101 cm³/mol. The lowest BCUT2D eigenvalue weighted by atomic mass is 9.87. The van der Waals surface area contributed by atoms with Crippen molar-refractivity contribution in [1.82, 2.24) is 0 Å². The standard InChI is InChI=1S/C22H28O4/c1-16-14-26-21(22-19(16)12-18(23)13-20(22)24)10-6-3-7-11-25-15-17-8-4-2-5-9-17/h2,4-5,8-9,12-13,16,21,23-24H,3,6-7,10-11,14-15H2,1H3/t16-,21?/m1/s1. The third-order valence-electron chi connectivity index (χ3n) is 4.94. The summed E-state index contributed by atoms with van der Waals surface area (Å²) < 4.78 is 11.7. The van der Waals surface area contributed by atoms with E-state index in [0.717, 1.165) is 43.4 Å². The molecule has 1 unspecified atom stereocenters. The van der Waals surface area contributed by atoms with Gasteiger partial charge in [-0.15, -0.1) is 0 Å². The van der Waals surface area contributed by atoms with Crippen LogP contribution in [0.4, 0.5) is 0 Å². The minimum atomic E-state index is -0.0907. The summed E-state index contributed by atoms with van der Waals surface area (Å²) in [6.45, 7) is 4.10. The second-order valence-electron chi connectivity index (χ2n) is 7.08. The van der Waals surface area contributed by atoms with Crippen molar-refractivity contribution in [2.75, 3.05) is 13.2 Å². The molecule has 140 valence electrons. The van der Waals surface area contributed by atoms with Gasteiger partial charge < -0.3 is 19.7 Å². The molecule has 1 aliphatic rings. The third kappa shape index (κ3) is 4.77. The highest BCUT2D eigenvalue weighted by Gasteiger charge is 2.28. The fourth-order valence-corrected chi connectivity index (χ4v) is 3.54. The molecule has 4 heteroatoms. The lowest BCUT2D eigenvalue weighted by Crippen LogP contribution is -2.19. The summed E-state index contributed by atoms with van der Waals surface area (Å²) >= 11 is 0. The van der Waals surface area contributed by atoms with E-state index < -0.39 is 0 Å². The molecule has 0 fully saturated rings. The van der Waals surface area contributed by atoms with Crippen LogP contribution in [0.15, 0.2) is 42.5 Å². The monoisotopic (exact) mass is 356 g/mol. The molecule has 0 amide bonds. The van der Waals surface area contributed by atoms with Gasteiger partial charge in [-0.1, -0.05) is 50.1 Å². The summed E-state index contributed by atoms with van der Waals surface area (Å²) in [7, 11) is 0. The number of unbranched alkanes of at least 4 members (excludes halogenated alkanes) is 2. The maximum Gasteiger partial charge on any atom is 0.125 e. The molecule has 0 saturated carbocycles. The molecule has 0 aromatic heterocycles. The average molecular weight is 356 g/mol. The summed E-state index contributed by atoms with van der Waals surface area (Å²) in [5.74, 6) is 0.442. The zero-order valence-electron chi connectivity index (χ0n) is 15.4. The zero-order valence-corrected chi connectivity index (χ0v) is 15.4. The number of aromatic hydroxyl groups is 2. The van der Waals surface area contributed by atoms with Crippen molar-refractivity contribution in [3.63, 3.8) is 0 Å². The van der Waals surface area contributed by atoms with E-state index in [0.29, 0.717) is 13.2 Å². The van der Waals surface area contributed by atoms with Crippen LogP contribution in [-0.4, -0.2) is 23.4 Å². The largest absolute Gasteiger partial charge is 0.508 e. The number of ether oxygens (including phenoxy) is 2. The minimum absolute atomic E-state index is 0.0907. The Bertz CT molecular complexity index is 699. The maximum absolute atomic E-state index is 10.2. The highest BCUT2D eigenvalue weighted by atomic mass is 16.5. The van der Waals surface area contributed by atoms with Crippen molar-refractivity contribution >= 4 is 0 Å². The Morgan fingerprint density at radius 3 is 2.69 bits per heavy atom. The van der Waals surface area contributed by atoms with E-state index in [1.54, 1.807) is 6.07 Å². The van der Waals surface area contributed by atoms with Gasteiger partial charge in [0.15, 0.2) is 0 Å². The van der Waals surface area contributed by atoms with Crippen molar-refractivity contribution in [1.29, 1.82) is 0 Å².